The predicted octanol–water partition coefficient (Wildman–Crippen LogP) is 3.97. The van der Waals surface area contributed by atoms with E-state index in [9.17, 15) is 0 Å². The van der Waals surface area contributed by atoms with E-state index >= 15 is 0 Å². The molecule has 0 aliphatic heterocycles. The SMILES string of the molecule is CC1CCC(C(C)CCCCCCN)C1. The van der Waals surface area contributed by atoms with E-state index in [1.54, 1.807) is 0 Å². The van der Waals surface area contributed by atoms with Gasteiger partial charge in [-0.2, -0.15) is 0 Å². The fourth-order valence-corrected chi connectivity index (χ4v) is 2.97. The number of hydrogen-bond donors (Lipinski definition) is 1. The zero-order valence-electron chi connectivity index (χ0n) is 10.7. The first-order chi connectivity index (χ1) is 7.24. The second-order valence-electron chi connectivity index (χ2n) is 5.65. The first-order valence-electron chi connectivity index (χ1n) is 6.94. The summed E-state index contributed by atoms with van der Waals surface area (Å²) in [6, 6.07) is 0. The first-order valence-corrected chi connectivity index (χ1v) is 6.94. The van der Waals surface area contributed by atoms with Crippen molar-refractivity contribution in [2.75, 3.05) is 6.54 Å². The smallest absolute Gasteiger partial charge is 0.00773 e. The number of nitrogens with two attached hydrogens (primary N) is 1. The molecule has 3 unspecified atom stereocenters. The summed E-state index contributed by atoms with van der Waals surface area (Å²) >= 11 is 0. The largest absolute Gasteiger partial charge is 0.330 e. The third kappa shape index (κ3) is 5.01. The van der Waals surface area contributed by atoms with Crippen LogP contribution in [0.2, 0.25) is 0 Å². The van der Waals surface area contributed by atoms with E-state index in [0.29, 0.717) is 0 Å². The van der Waals surface area contributed by atoms with E-state index in [0.717, 1.165) is 24.3 Å². The lowest BCUT2D eigenvalue weighted by atomic mass is 9.87. The molecule has 1 aliphatic rings. The average molecular weight is 211 g/mol. The van der Waals surface area contributed by atoms with E-state index in [1.165, 1.54) is 51.4 Å². The standard InChI is InChI=1S/C14H29N/c1-12-8-9-14(11-12)13(2)7-5-3-4-6-10-15/h12-14H,3-11,15H2,1-2H3. The van der Waals surface area contributed by atoms with Crippen molar-refractivity contribution < 1.29 is 0 Å². The Morgan fingerprint density at radius 2 is 1.87 bits per heavy atom. The monoisotopic (exact) mass is 211 g/mol. The summed E-state index contributed by atoms with van der Waals surface area (Å²) in [4.78, 5) is 0. The molecule has 1 nitrogen and oxygen atoms in total. The predicted molar refractivity (Wildman–Crippen MR) is 67.8 cm³/mol. The summed E-state index contributed by atoms with van der Waals surface area (Å²) < 4.78 is 0. The molecule has 1 rings (SSSR count). The van der Waals surface area contributed by atoms with Gasteiger partial charge in [0.25, 0.3) is 0 Å². The Hall–Kier alpha value is -0.0400. The van der Waals surface area contributed by atoms with Crippen LogP contribution in [0.3, 0.4) is 0 Å². The van der Waals surface area contributed by atoms with E-state index in [1.807, 2.05) is 0 Å². The quantitative estimate of drug-likeness (QED) is 0.634. The summed E-state index contributed by atoms with van der Waals surface area (Å²) in [7, 11) is 0. The molecule has 0 aromatic heterocycles. The molecule has 1 saturated carbocycles. The molecule has 1 aliphatic carbocycles. The van der Waals surface area contributed by atoms with Gasteiger partial charge in [-0.25, -0.2) is 0 Å². The van der Waals surface area contributed by atoms with Gasteiger partial charge in [0, 0.05) is 0 Å². The highest BCUT2D eigenvalue weighted by Gasteiger charge is 2.25. The molecule has 90 valence electrons. The van der Waals surface area contributed by atoms with Crippen LogP contribution in [0.1, 0.15) is 65.2 Å². The summed E-state index contributed by atoms with van der Waals surface area (Å²) in [6.45, 7) is 5.75. The molecular formula is C14H29N. The molecule has 0 heterocycles. The van der Waals surface area contributed by atoms with Gasteiger partial charge in [-0.15, -0.1) is 0 Å². The van der Waals surface area contributed by atoms with Crippen LogP contribution in [0.4, 0.5) is 0 Å². The minimum atomic E-state index is 0.871. The Bertz CT molecular complexity index is 155. The Morgan fingerprint density at radius 3 is 2.47 bits per heavy atom. The van der Waals surface area contributed by atoms with Crippen molar-refractivity contribution in [2.24, 2.45) is 23.5 Å². The van der Waals surface area contributed by atoms with Crippen LogP contribution in [0.15, 0.2) is 0 Å². The van der Waals surface area contributed by atoms with Crippen LogP contribution in [-0.2, 0) is 0 Å². The van der Waals surface area contributed by atoms with Crippen molar-refractivity contribution in [3.8, 4) is 0 Å². The van der Waals surface area contributed by atoms with Gasteiger partial charge in [0.05, 0.1) is 0 Å². The Morgan fingerprint density at radius 1 is 1.13 bits per heavy atom. The van der Waals surface area contributed by atoms with Gasteiger partial charge >= 0.3 is 0 Å². The van der Waals surface area contributed by atoms with E-state index < -0.39 is 0 Å². The van der Waals surface area contributed by atoms with Crippen molar-refractivity contribution in [2.45, 2.75) is 65.2 Å². The van der Waals surface area contributed by atoms with Crippen LogP contribution in [0.5, 0.6) is 0 Å². The molecule has 0 amide bonds. The summed E-state index contributed by atoms with van der Waals surface area (Å²) in [5.41, 5.74) is 5.49. The summed E-state index contributed by atoms with van der Waals surface area (Å²) in [5, 5.41) is 0. The highest BCUT2D eigenvalue weighted by Crippen LogP contribution is 2.37. The maximum atomic E-state index is 5.49. The lowest BCUT2D eigenvalue weighted by molar-refractivity contribution is 0.326. The van der Waals surface area contributed by atoms with Crippen molar-refractivity contribution >= 4 is 0 Å². The lowest BCUT2D eigenvalue weighted by Crippen LogP contribution is -2.08. The van der Waals surface area contributed by atoms with E-state index in [4.69, 9.17) is 5.73 Å². The molecule has 0 aromatic carbocycles. The minimum Gasteiger partial charge on any atom is -0.330 e. The molecular weight excluding hydrogens is 182 g/mol. The van der Waals surface area contributed by atoms with Crippen LogP contribution in [0.25, 0.3) is 0 Å². The van der Waals surface area contributed by atoms with Gasteiger partial charge in [0.2, 0.25) is 0 Å². The average Bonchev–Trinajstić information content (AvgIpc) is 2.64. The molecule has 0 bridgehead atoms. The van der Waals surface area contributed by atoms with Gasteiger partial charge in [0.1, 0.15) is 0 Å². The zero-order chi connectivity index (χ0) is 11.1. The Labute approximate surface area is 95.8 Å². The fraction of sp³-hybridized carbons (Fsp3) is 1.00. The summed E-state index contributed by atoms with van der Waals surface area (Å²) in [6.07, 6.45) is 11.3. The highest BCUT2D eigenvalue weighted by atomic mass is 14.5. The Balaban J connectivity index is 2.00. The lowest BCUT2D eigenvalue weighted by Gasteiger charge is -2.18. The summed E-state index contributed by atoms with van der Waals surface area (Å²) in [5.74, 6) is 3.00. The molecule has 0 spiro atoms. The van der Waals surface area contributed by atoms with Gasteiger partial charge in [0.15, 0.2) is 0 Å². The normalized spacial score (nSPS) is 28.2. The maximum Gasteiger partial charge on any atom is -0.00773 e. The van der Waals surface area contributed by atoms with Crippen LogP contribution >= 0.6 is 0 Å². The van der Waals surface area contributed by atoms with Crippen molar-refractivity contribution in [3.05, 3.63) is 0 Å². The van der Waals surface area contributed by atoms with E-state index in [2.05, 4.69) is 13.8 Å². The van der Waals surface area contributed by atoms with Crippen molar-refractivity contribution in [3.63, 3.8) is 0 Å². The molecule has 1 heteroatoms. The maximum absolute atomic E-state index is 5.49. The van der Waals surface area contributed by atoms with Gasteiger partial charge in [-0.3, -0.25) is 0 Å². The molecule has 3 atom stereocenters. The van der Waals surface area contributed by atoms with Gasteiger partial charge < -0.3 is 5.73 Å². The van der Waals surface area contributed by atoms with Crippen molar-refractivity contribution in [1.82, 2.24) is 0 Å². The first kappa shape index (κ1) is 13.0. The molecule has 1 fully saturated rings. The number of hydrogen-bond acceptors (Lipinski definition) is 1. The fourth-order valence-electron chi connectivity index (χ4n) is 2.97. The highest BCUT2D eigenvalue weighted by molar-refractivity contribution is 4.76. The van der Waals surface area contributed by atoms with Gasteiger partial charge in [-0.1, -0.05) is 46.0 Å². The second-order valence-corrected chi connectivity index (χ2v) is 5.65. The second kappa shape index (κ2) is 7.27. The van der Waals surface area contributed by atoms with Gasteiger partial charge in [-0.05, 0) is 43.6 Å². The minimum absolute atomic E-state index is 0.871. The van der Waals surface area contributed by atoms with E-state index in [-0.39, 0.29) is 0 Å². The number of unbranched alkanes of at least 4 members (excludes halogenated alkanes) is 3. The number of rotatable bonds is 7. The van der Waals surface area contributed by atoms with Crippen LogP contribution in [-0.4, -0.2) is 6.54 Å². The van der Waals surface area contributed by atoms with Crippen LogP contribution in [0, 0.1) is 17.8 Å². The third-order valence-corrected chi connectivity index (χ3v) is 4.15. The molecule has 2 N–H and O–H groups in total. The third-order valence-electron chi connectivity index (χ3n) is 4.15. The molecule has 15 heavy (non-hydrogen) atoms. The van der Waals surface area contributed by atoms with Crippen LogP contribution < -0.4 is 5.73 Å². The van der Waals surface area contributed by atoms with Crippen molar-refractivity contribution in [1.29, 1.82) is 0 Å². The molecule has 0 aromatic rings. The Kier molecular flexibility index (Phi) is 6.31. The zero-order valence-corrected chi connectivity index (χ0v) is 10.7. The molecule has 0 saturated heterocycles. The topological polar surface area (TPSA) is 26.0 Å². The molecule has 0 radical (unpaired) electrons.